The van der Waals surface area contributed by atoms with Crippen LogP contribution >= 0.6 is 0 Å². The molecule has 0 bridgehead atoms. The highest BCUT2D eigenvalue weighted by Gasteiger charge is 2.34. The molecule has 1 aliphatic heterocycles. The molecule has 1 aromatic rings. The fraction of sp³-hybridized carbons (Fsp3) is 0.533. The molecule has 23 heavy (non-hydrogen) atoms. The fourth-order valence-electron chi connectivity index (χ4n) is 2.87. The van der Waals surface area contributed by atoms with Crippen molar-refractivity contribution in [3.05, 3.63) is 39.4 Å². The molecule has 1 unspecified atom stereocenters. The van der Waals surface area contributed by atoms with Gasteiger partial charge in [0.25, 0.3) is 11.6 Å². The molecule has 7 nitrogen and oxygen atoms in total. The Labute approximate surface area is 135 Å². The van der Waals surface area contributed by atoms with E-state index in [4.69, 9.17) is 0 Å². The van der Waals surface area contributed by atoms with Crippen LogP contribution in [0.1, 0.15) is 35.7 Å². The van der Waals surface area contributed by atoms with Crippen molar-refractivity contribution in [2.24, 2.45) is 0 Å². The maximum Gasteiger partial charge on any atom is 0.272 e. The van der Waals surface area contributed by atoms with E-state index in [0.717, 1.165) is 0 Å². The first-order valence-electron chi connectivity index (χ1n) is 7.51. The molecule has 0 aliphatic carbocycles. The second-order valence-corrected chi connectivity index (χ2v) is 8.04. The first kappa shape index (κ1) is 17.4. The van der Waals surface area contributed by atoms with Gasteiger partial charge in [0, 0.05) is 29.8 Å². The van der Waals surface area contributed by atoms with Crippen LogP contribution in [-0.2, 0) is 9.84 Å². The minimum atomic E-state index is -3.08. The van der Waals surface area contributed by atoms with Crippen LogP contribution in [0, 0.1) is 17.0 Å². The van der Waals surface area contributed by atoms with Gasteiger partial charge in [0.05, 0.1) is 16.4 Å². The molecular weight excluding hydrogens is 320 g/mol. The molecule has 0 N–H and O–H groups in total. The molecule has 1 aromatic carbocycles. The summed E-state index contributed by atoms with van der Waals surface area (Å²) < 4.78 is 23.3. The van der Waals surface area contributed by atoms with Crippen LogP contribution in [0.15, 0.2) is 18.2 Å². The van der Waals surface area contributed by atoms with Crippen molar-refractivity contribution in [2.75, 3.05) is 18.1 Å². The van der Waals surface area contributed by atoms with Crippen molar-refractivity contribution in [3.63, 3.8) is 0 Å². The van der Waals surface area contributed by atoms with Gasteiger partial charge in [-0.2, -0.15) is 0 Å². The van der Waals surface area contributed by atoms with Gasteiger partial charge >= 0.3 is 0 Å². The Kier molecular flexibility index (Phi) is 5.03. The molecule has 8 heteroatoms. The van der Waals surface area contributed by atoms with E-state index in [1.807, 2.05) is 6.92 Å². The molecular formula is C15H20N2O5S. The number of nitro groups is 1. The topological polar surface area (TPSA) is 97.6 Å². The summed E-state index contributed by atoms with van der Waals surface area (Å²) in [6, 6.07) is 3.92. The van der Waals surface area contributed by atoms with Crippen LogP contribution in [0.2, 0.25) is 0 Å². The van der Waals surface area contributed by atoms with Gasteiger partial charge in [-0.3, -0.25) is 14.9 Å². The number of sulfone groups is 1. The van der Waals surface area contributed by atoms with E-state index in [2.05, 4.69) is 0 Å². The number of carbonyl (C=O) groups is 1. The van der Waals surface area contributed by atoms with Crippen molar-refractivity contribution in [1.82, 2.24) is 4.90 Å². The highest BCUT2D eigenvalue weighted by molar-refractivity contribution is 7.91. The molecule has 0 spiro atoms. The molecule has 2 rings (SSSR count). The second-order valence-electron chi connectivity index (χ2n) is 5.81. The van der Waals surface area contributed by atoms with Gasteiger partial charge in [-0.15, -0.1) is 0 Å². The Morgan fingerprint density at radius 2 is 2.13 bits per heavy atom. The molecule has 1 atom stereocenters. The molecule has 0 saturated carbocycles. The van der Waals surface area contributed by atoms with Crippen LogP contribution in [-0.4, -0.2) is 48.2 Å². The van der Waals surface area contributed by atoms with Crippen molar-refractivity contribution in [1.29, 1.82) is 0 Å². The Morgan fingerprint density at radius 3 is 2.61 bits per heavy atom. The SMILES string of the molecule is CCCN(C(=O)c1ccc([N+](=O)[O-])c(C)c1)C1CCS(=O)(=O)C1. The lowest BCUT2D eigenvalue weighted by molar-refractivity contribution is -0.385. The lowest BCUT2D eigenvalue weighted by Crippen LogP contribution is -2.41. The van der Waals surface area contributed by atoms with Crippen molar-refractivity contribution in [2.45, 2.75) is 32.7 Å². The Hall–Kier alpha value is -1.96. The van der Waals surface area contributed by atoms with E-state index in [0.29, 0.717) is 30.5 Å². The minimum Gasteiger partial charge on any atom is -0.335 e. The van der Waals surface area contributed by atoms with E-state index >= 15 is 0 Å². The van der Waals surface area contributed by atoms with Gasteiger partial charge < -0.3 is 4.90 Å². The van der Waals surface area contributed by atoms with Crippen molar-refractivity contribution in [3.8, 4) is 0 Å². The lowest BCUT2D eigenvalue weighted by atomic mass is 10.1. The Morgan fingerprint density at radius 1 is 1.43 bits per heavy atom. The van der Waals surface area contributed by atoms with Gasteiger partial charge in [0.15, 0.2) is 9.84 Å². The third-order valence-corrected chi connectivity index (χ3v) is 5.77. The average molecular weight is 340 g/mol. The van der Waals surface area contributed by atoms with E-state index in [9.17, 15) is 23.3 Å². The summed E-state index contributed by atoms with van der Waals surface area (Å²) in [4.78, 5) is 24.7. The maximum absolute atomic E-state index is 12.7. The number of nitro benzene ring substituents is 1. The quantitative estimate of drug-likeness (QED) is 0.603. The number of benzene rings is 1. The second kappa shape index (κ2) is 6.66. The van der Waals surface area contributed by atoms with Crippen LogP contribution in [0.25, 0.3) is 0 Å². The minimum absolute atomic E-state index is 0.00922. The van der Waals surface area contributed by atoms with Gasteiger partial charge in [-0.1, -0.05) is 6.92 Å². The van der Waals surface area contributed by atoms with Crippen molar-refractivity contribution >= 4 is 21.4 Å². The lowest BCUT2D eigenvalue weighted by Gasteiger charge is -2.28. The van der Waals surface area contributed by atoms with E-state index in [-0.39, 0.29) is 29.1 Å². The zero-order chi connectivity index (χ0) is 17.2. The van der Waals surface area contributed by atoms with E-state index in [1.165, 1.54) is 18.2 Å². The van der Waals surface area contributed by atoms with Crippen LogP contribution in [0.3, 0.4) is 0 Å². The predicted molar refractivity (Wildman–Crippen MR) is 86.2 cm³/mol. The van der Waals surface area contributed by atoms with Crippen LogP contribution in [0.5, 0.6) is 0 Å². The molecule has 1 fully saturated rings. The molecule has 1 heterocycles. The Bertz CT molecular complexity index is 729. The van der Waals surface area contributed by atoms with Gasteiger partial charge in [0.1, 0.15) is 0 Å². The monoisotopic (exact) mass is 340 g/mol. The summed E-state index contributed by atoms with van der Waals surface area (Å²) in [6.45, 7) is 3.97. The van der Waals surface area contributed by atoms with E-state index in [1.54, 1.807) is 11.8 Å². The smallest absolute Gasteiger partial charge is 0.272 e. The predicted octanol–water partition coefficient (Wildman–Crippen LogP) is 1.94. The Balaban J connectivity index is 2.28. The standard InChI is InChI=1S/C15H20N2O5S/c1-3-7-16(13-6-8-23(21,22)10-13)15(18)12-4-5-14(17(19)20)11(2)9-12/h4-5,9,13H,3,6-8,10H2,1-2H3. The first-order chi connectivity index (χ1) is 10.7. The third kappa shape index (κ3) is 3.87. The summed E-state index contributed by atoms with van der Waals surface area (Å²) in [7, 11) is -3.08. The number of rotatable bonds is 5. The van der Waals surface area contributed by atoms with Crippen LogP contribution < -0.4 is 0 Å². The average Bonchev–Trinajstić information content (AvgIpc) is 2.83. The first-order valence-corrected chi connectivity index (χ1v) is 9.33. The highest BCUT2D eigenvalue weighted by atomic mass is 32.2. The largest absolute Gasteiger partial charge is 0.335 e. The normalized spacial score (nSPS) is 19.5. The number of hydrogen-bond acceptors (Lipinski definition) is 5. The van der Waals surface area contributed by atoms with Gasteiger partial charge in [0.2, 0.25) is 0 Å². The maximum atomic E-state index is 12.7. The molecule has 126 valence electrons. The summed E-state index contributed by atoms with van der Waals surface area (Å²) in [6.07, 6.45) is 1.16. The van der Waals surface area contributed by atoms with Gasteiger partial charge in [-0.25, -0.2) is 8.42 Å². The van der Waals surface area contributed by atoms with Crippen molar-refractivity contribution < 1.29 is 18.1 Å². The number of nitrogens with zero attached hydrogens (tertiary/aromatic N) is 2. The zero-order valence-corrected chi connectivity index (χ0v) is 14.0. The molecule has 0 radical (unpaired) electrons. The third-order valence-electron chi connectivity index (χ3n) is 4.01. The highest BCUT2D eigenvalue weighted by Crippen LogP contribution is 2.23. The van der Waals surface area contributed by atoms with Crippen LogP contribution in [0.4, 0.5) is 5.69 Å². The summed E-state index contributed by atoms with van der Waals surface area (Å²) in [5, 5.41) is 10.9. The molecule has 1 aliphatic rings. The number of hydrogen-bond donors (Lipinski definition) is 0. The molecule has 1 amide bonds. The number of amides is 1. The van der Waals surface area contributed by atoms with E-state index < -0.39 is 14.8 Å². The number of carbonyl (C=O) groups excluding carboxylic acids is 1. The van der Waals surface area contributed by atoms with Gasteiger partial charge in [-0.05, 0) is 31.9 Å². The molecule has 0 aromatic heterocycles. The molecule has 1 saturated heterocycles. The summed E-state index contributed by atoms with van der Waals surface area (Å²) in [5.74, 6) is -0.179. The zero-order valence-electron chi connectivity index (χ0n) is 13.2. The summed E-state index contributed by atoms with van der Waals surface area (Å²) in [5.41, 5.74) is 0.731. The number of aryl methyl sites for hydroxylation is 1. The fourth-order valence-corrected chi connectivity index (χ4v) is 4.60. The summed E-state index contributed by atoms with van der Waals surface area (Å²) >= 11 is 0.